The molecule has 4 aromatic rings. The van der Waals surface area contributed by atoms with Gasteiger partial charge in [-0.15, -0.1) is 0 Å². The summed E-state index contributed by atoms with van der Waals surface area (Å²) in [6.07, 6.45) is 7.85. The lowest BCUT2D eigenvalue weighted by atomic mass is 9.96. The number of nitrogens with zero attached hydrogens (tertiary/aromatic N) is 5. The second kappa shape index (κ2) is 8.24. The van der Waals surface area contributed by atoms with E-state index in [9.17, 15) is 0 Å². The van der Waals surface area contributed by atoms with Gasteiger partial charge in [-0.25, -0.2) is 9.50 Å². The van der Waals surface area contributed by atoms with Crippen molar-refractivity contribution < 1.29 is 4.74 Å². The fourth-order valence-corrected chi connectivity index (χ4v) is 4.13. The molecule has 5 rings (SSSR count). The first kappa shape index (κ1) is 18.8. The van der Waals surface area contributed by atoms with Gasteiger partial charge >= 0.3 is 0 Å². The van der Waals surface area contributed by atoms with Gasteiger partial charge < -0.3 is 4.74 Å². The van der Waals surface area contributed by atoms with Gasteiger partial charge in [-0.05, 0) is 73.5 Å². The molecule has 0 amide bonds. The molecule has 1 saturated heterocycles. The first-order chi connectivity index (χ1) is 14.8. The Morgan fingerprint density at radius 1 is 0.933 bits per heavy atom. The van der Waals surface area contributed by atoms with Crippen LogP contribution in [0.2, 0.25) is 0 Å². The Kier molecular flexibility index (Phi) is 5.15. The summed E-state index contributed by atoms with van der Waals surface area (Å²) in [6, 6.07) is 16.5. The summed E-state index contributed by atoms with van der Waals surface area (Å²) in [5, 5.41) is 4.81. The SMILES string of the molecule is COc1ccc(CN2CCC(c3nc4ccc(-c5ccncc5)cn4n3)CC2)cc1. The van der Waals surface area contributed by atoms with Crippen molar-refractivity contribution in [1.29, 1.82) is 0 Å². The maximum absolute atomic E-state index is 5.25. The van der Waals surface area contributed by atoms with E-state index in [1.165, 1.54) is 5.56 Å². The summed E-state index contributed by atoms with van der Waals surface area (Å²) >= 11 is 0. The molecule has 0 atom stereocenters. The van der Waals surface area contributed by atoms with Gasteiger partial charge in [0.05, 0.1) is 7.11 Å². The third kappa shape index (κ3) is 3.91. The summed E-state index contributed by atoms with van der Waals surface area (Å²) in [6.45, 7) is 3.10. The van der Waals surface area contributed by atoms with Crippen LogP contribution in [-0.2, 0) is 6.54 Å². The minimum atomic E-state index is 0.418. The summed E-state index contributed by atoms with van der Waals surface area (Å²) in [5.41, 5.74) is 4.48. The zero-order valence-electron chi connectivity index (χ0n) is 17.1. The Morgan fingerprint density at radius 2 is 1.70 bits per heavy atom. The van der Waals surface area contributed by atoms with E-state index >= 15 is 0 Å². The van der Waals surface area contributed by atoms with Crippen LogP contribution in [0.25, 0.3) is 16.8 Å². The molecule has 1 aliphatic rings. The molecule has 0 aliphatic carbocycles. The molecule has 0 bridgehead atoms. The number of ether oxygens (including phenoxy) is 1. The molecular weight excluding hydrogens is 374 g/mol. The number of hydrogen-bond donors (Lipinski definition) is 0. The molecule has 30 heavy (non-hydrogen) atoms. The molecule has 152 valence electrons. The minimum absolute atomic E-state index is 0.418. The number of hydrogen-bond acceptors (Lipinski definition) is 5. The minimum Gasteiger partial charge on any atom is -0.497 e. The van der Waals surface area contributed by atoms with Crippen LogP contribution >= 0.6 is 0 Å². The van der Waals surface area contributed by atoms with Crippen LogP contribution in [0.4, 0.5) is 0 Å². The smallest absolute Gasteiger partial charge is 0.155 e. The molecule has 1 fully saturated rings. The van der Waals surface area contributed by atoms with Crippen molar-refractivity contribution in [3.8, 4) is 16.9 Å². The summed E-state index contributed by atoms with van der Waals surface area (Å²) in [5.74, 6) is 2.29. The van der Waals surface area contributed by atoms with Gasteiger partial charge in [0.1, 0.15) is 5.75 Å². The van der Waals surface area contributed by atoms with E-state index < -0.39 is 0 Å². The molecule has 0 unspecified atom stereocenters. The summed E-state index contributed by atoms with van der Waals surface area (Å²) in [4.78, 5) is 11.4. The largest absolute Gasteiger partial charge is 0.497 e. The summed E-state index contributed by atoms with van der Waals surface area (Å²) < 4.78 is 7.16. The lowest BCUT2D eigenvalue weighted by Crippen LogP contribution is -2.32. The fourth-order valence-electron chi connectivity index (χ4n) is 4.13. The Labute approximate surface area is 176 Å². The molecule has 1 aromatic carbocycles. The maximum Gasteiger partial charge on any atom is 0.155 e. The van der Waals surface area contributed by atoms with Crippen LogP contribution < -0.4 is 4.74 Å². The van der Waals surface area contributed by atoms with E-state index in [-0.39, 0.29) is 0 Å². The van der Waals surface area contributed by atoms with E-state index in [0.29, 0.717) is 5.92 Å². The van der Waals surface area contributed by atoms with Crippen molar-refractivity contribution in [2.75, 3.05) is 20.2 Å². The number of pyridine rings is 2. The van der Waals surface area contributed by atoms with E-state index in [1.807, 2.05) is 47.2 Å². The fraction of sp³-hybridized carbons (Fsp3) is 0.292. The highest BCUT2D eigenvalue weighted by Crippen LogP contribution is 2.28. The predicted molar refractivity (Wildman–Crippen MR) is 116 cm³/mol. The molecule has 4 heterocycles. The first-order valence-electron chi connectivity index (χ1n) is 10.4. The molecule has 3 aromatic heterocycles. The zero-order chi connectivity index (χ0) is 20.3. The molecule has 6 nitrogen and oxygen atoms in total. The Hall–Kier alpha value is -3.25. The molecule has 6 heteroatoms. The van der Waals surface area contributed by atoms with Crippen LogP contribution in [-0.4, -0.2) is 44.7 Å². The number of rotatable bonds is 5. The van der Waals surface area contributed by atoms with Crippen LogP contribution in [0.5, 0.6) is 5.75 Å². The highest BCUT2D eigenvalue weighted by molar-refractivity contribution is 5.63. The second-order valence-electron chi connectivity index (χ2n) is 7.82. The molecule has 0 radical (unpaired) electrons. The number of aromatic nitrogens is 4. The monoisotopic (exact) mass is 399 g/mol. The van der Waals surface area contributed by atoms with Crippen molar-refractivity contribution in [3.05, 3.63) is 78.5 Å². The highest BCUT2D eigenvalue weighted by Gasteiger charge is 2.24. The number of likely N-dealkylation sites (tertiary alicyclic amines) is 1. The topological polar surface area (TPSA) is 55.5 Å². The Morgan fingerprint density at radius 3 is 2.43 bits per heavy atom. The van der Waals surface area contributed by atoms with Gasteiger partial charge in [-0.2, -0.15) is 5.10 Å². The summed E-state index contributed by atoms with van der Waals surface area (Å²) in [7, 11) is 1.70. The van der Waals surface area contributed by atoms with Crippen LogP contribution in [0.15, 0.2) is 67.1 Å². The molecule has 0 N–H and O–H groups in total. The number of piperidine rings is 1. The van der Waals surface area contributed by atoms with Gasteiger partial charge in [0.15, 0.2) is 11.5 Å². The van der Waals surface area contributed by atoms with Gasteiger partial charge in [0.2, 0.25) is 0 Å². The van der Waals surface area contributed by atoms with E-state index in [2.05, 4.69) is 34.3 Å². The van der Waals surface area contributed by atoms with Crippen molar-refractivity contribution in [2.45, 2.75) is 25.3 Å². The maximum atomic E-state index is 5.25. The molecule has 0 spiro atoms. The first-order valence-corrected chi connectivity index (χ1v) is 10.4. The Bertz CT molecular complexity index is 1120. The van der Waals surface area contributed by atoms with Crippen LogP contribution in [0.1, 0.15) is 30.1 Å². The van der Waals surface area contributed by atoms with Crippen molar-refractivity contribution >= 4 is 5.65 Å². The number of fused-ring (bicyclic) bond motifs is 1. The van der Waals surface area contributed by atoms with Crippen molar-refractivity contribution in [3.63, 3.8) is 0 Å². The average molecular weight is 399 g/mol. The van der Waals surface area contributed by atoms with E-state index in [0.717, 1.165) is 60.8 Å². The molecule has 0 saturated carbocycles. The van der Waals surface area contributed by atoms with Crippen LogP contribution in [0.3, 0.4) is 0 Å². The van der Waals surface area contributed by atoms with Gasteiger partial charge in [0, 0.05) is 36.6 Å². The number of benzene rings is 1. The lowest BCUT2D eigenvalue weighted by molar-refractivity contribution is 0.201. The van der Waals surface area contributed by atoms with Gasteiger partial charge in [-0.3, -0.25) is 9.88 Å². The normalized spacial score (nSPS) is 15.5. The average Bonchev–Trinajstić information content (AvgIpc) is 3.24. The van der Waals surface area contributed by atoms with E-state index in [1.54, 1.807) is 7.11 Å². The predicted octanol–water partition coefficient (Wildman–Crippen LogP) is 4.18. The van der Waals surface area contributed by atoms with Crippen LogP contribution in [0, 0.1) is 0 Å². The second-order valence-corrected chi connectivity index (χ2v) is 7.82. The van der Waals surface area contributed by atoms with Crippen molar-refractivity contribution in [1.82, 2.24) is 24.5 Å². The van der Waals surface area contributed by atoms with Crippen molar-refractivity contribution in [2.24, 2.45) is 0 Å². The van der Waals surface area contributed by atoms with E-state index in [4.69, 9.17) is 14.8 Å². The molecule has 1 aliphatic heterocycles. The third-order valence-electron chi connectivity index (χ3n) is 5.88. The number of methoxy groups -OCH3 is 1. The zero-order valence-corrected chi connectivity index (χ0v) is 17.1. The quantitative estimate of drug-likeness (QED) is 0.504. The Balaban J connectivity index is 1.25. The molecular formula is C24H25N5O. The van der Waals surface area contributed by atoms with Gasteiger partial charge in [0.25, 0.3) is 0 Å². The highest BCUT2D eigenvalue weighted by atomic mass is 16.5. The third-order valence-corrected chi connectivity index (χ3v) is 5.88. The van der Waals surface area contributed by atoms with Gasteiger partial charge in [-0.1, -0.05) is 12.1 Å². The lowest BCUT2D eigenvalue weighted by Gasteiger charge is -2.30. The standard InChI is InChI=1S/C24H25N5O/c1-30-22-5-2-18(3-6-22)16-28-14-10-20(11-15-28)24-26-23-7-4-21(17-29(23)27-24)19-8-12-25-13-9-19/h2-9,12-13,17,20H,10-11,14-16H2,1H3.